The van der Waals surface area contributed by atoms with E-state index in [0.717, 1.165) is 6.54 Å². The molecule has 2 aliphatic heterocycles. The van der Waals surface area contributed by atoms with E-state index >= 15 is 0 Å². The van der Waals surface area contributed by atoms with Crippen molar-refractivity contribution in [2.45, 2.75) is 77.0 Å². The van der Waals surface area contributed by atoms with Gasteiger partial charge in [0.05, 0.1) is 12.2 Å². The molecule has 3 unspecified atom stereocenters. The van der Waals surface area contributed by atoms with Crippen LogP contribution in [0.2, 0.25) is 0 Å². The summed E-state index contributed by atoms with van der Waals surface area (Å²) in [5.74, 6) is 0.985. The number of nitrogens with zero attached hydrogens (tertiary/aromatic N) is 2. The van der Waals surface area contributed by atoms with Crippen LogP contribution in [0.15, 0.2) is 0 Å². The van der Waals surface area contributed by atoms with E-state index in [4.69, 9.17) is 0 Å². The highest BCUT2D eigenvalue weighted by molar-refractivity contribution is 5.84. The van der Waals surface area contributed by atoms with Crippen LogP contribution in [-0.4, -0.2) is 53.6 Å². The molecule has 0 aromatic rings. The highest BCUT2D eigenvalue weighted by Crippen LogP contribution is 2.33. The predicted molar refractivity (Wildman–Crippen MR) is 84.9 cm³/mol. The molecule has 3 atom stereocenters. The van der Waals surface area contributed by atoms with Crippen molar-refractivity contribution in [3.63, 3.8) is 0 Å². The van der Waals surface area contributed by atoms with Gasteiger partial charge in [-0.15, -0.1) is 0 Å². The van der Waals surface area contributed by atoms with Crippen molar-refractivity contribution < 1.29 is 4.79 Å². The Bertz CT molecular complexity index is 361. The lowest BCUT2D eigenvalue weighted by Crippen LogP contribution is -2.51. The Morgan fingerprint density at radius 3 is 2.48 bits per heavy atom. The molecule has 120 valence electrons. The van der Waals surface area contributed by atoms with Crippen molar-refractivity contribution in [3.05, 3.63) is 0 Å². The number of piperidine rings is 1. The van der Waals surface area contributed by atoms with Crippen LogP contribution in [0, 0.1) is 5.92 Å². The van der Waals surface area contributed by atoms with Gasteiger partial charge in [0, 0.05) is 12.6 Å². The Hall–Kier alpha value is -0.610. The molecular formula is C17H31N3O. The SMILES string of the molecule is CC1NC(C2CCCC2)N(C(C)CN2CCCCC2)C1=O. The maximum Gasteiger partial charge on any atom is 0.241 e. The Morgan fingerprint density at radius 1 is 1.14 bits per heavy atom. The molecule has 1 saturated carbocycles. The zero-order chi connectivity index (χ0) is 14.8. The second-order valence-corrected chi connectivity index (χ2v) is 7.33. The molecule has 3 aliphatic rings. The molecule has 1 N–H and O–H groups in total. The van der Waals surface area contributed by atoms with Gasteiger partial charge in [-0.25, -0.2) is 0 Å². The van der Waals surface area contributed by atoms with Gasteiger partial charge in [-0.1, -0.05) is 19.3 Å². The van der Waals surface area contributed by atoms with E-state index in [-0.39, 0.29) is 12.2 Å². The fourth-order valence-corrected chi connectivity index (χ4v) is 4.50. The van der Waals surface area contributed by atoms with E-state index in [9.17, 15) is 4.79 Å². The summed E-state index contributed by atoms with van der Waals surface area (Å²) < 4.78 is 0. The standard InChI is InChI=1S/C17H31N3O/c1-13(12-19-10-6-3-7-11-19)20-16(15-8-4-5-9-15)18-14(2)17(20)21/h13-16,18H,3-12H2,1-2H3. The zero-order valence-electron chi connectivity index (χ0n) is 13.7. The van der Waals surface area contributed by atoms with Crippen LogP contribution in [-0.2, 0) is 4.79 Å². The maximum atomic E-state index is 12.6. The van der Waals surface area contributed by atoms with Crippen LogP contribution in [0.3, 0.4) is 0 Å². The minimum absolute atomic E-state index is 0.000550. The van der Waals surface area contributed by atoms with Crippen LogP contribution in [0.5, 0.6) is 0 Å². The molecular weight excluding hydrogens is 262 g/mol. The van der Waals surface area contributed by atoms with Gasteiger partial charge < -0.3 is 9.80 Å². The van der Waals surface area contributed by atoms with E-state index in [1.165, 1.54) is 58.0 Å². The molecule has 21 heavy (non-hydrogen) atoms. The normalized spacial score (nSPS) is 33.8. The van der Waals surface area contributed by atoms with E-state index in [1.54, 1.807) is 0 Å². The maximum absolute atomic E-state index is 12.6. The zero-order valence-corrected chi connectivity index (χ0v) is 13.7. The van der Waals surface area contributed by atoms with Crippen LogP contribution in [0.1, 0.15) is 58.8 Å². The third-order valence-corrected chi connectivity index (χ3v) is 5.64. The van der Waals surface area contributed by atoms with Crippen molar-refractivity contribution in [2.75, 3.05) is 19.6 Å². The van der Waals surface area contributed by atoms with Crippen molar-refractivity contribution in [1.29, 1.82) is 0 Å². The first-order valence-corrected chi connectivity index (χ1v) is 8.97. The van der Waals surface area contributed by atoms with E-state index in [2.05, 4.69) is 22.0 Å². The average molecular weight is 293 g/mol. The van der Waals surface area contributed by atoms with Crippen LogP contribution < -0.4 is 5.32 Å². The fraction of sp³-hybridized carbons (Fsp3) is 0.941. The summed E-state index contributed by atoms with van der Waals surface area (Å²) in [5.41, 5.74) is 0. The number of nitrogens with one attached hydrogen (secondary N) is 1. The molecule has 2 heterocycles. The summed E-state index contributed by atoms with van der Waals surface area (Å²) >= 11 is 0. The smallest absolute Gasteiger partial charge is 0.241 e. The number of likely N-dealkylation sites (tertiary alicyclic amines) is 1. The number of carbonyl (C=O) groups excluding carboxylic acids is 1. The van der Waals surface area contributed by atoms with Crippen LogP contribution >= 0.6 is 0 Å². The van der Waals surface area contributed by atoms with Gasteiger partial charge in [-0.05, 0) is 58.5 Å². The Labute approximate surface area is 129 Å². The van der Waals surface area contributed by atoms with Crippen molar-refractivity contribution >= 4 is 5.91 Å². The monoisotopic (exact) mass is 293 g/mol. The molecule has 1 amide bonds. The minimum atomic E-state index is -0.000550. The minimum Gasteiger partial charge on any atom is -0.322 e. The lowest BCUT2D eigenvalue weighted by Gasteiger charge is -2.37. The van der Waals surface area contributed by atoms with Gasteiger partial charge in [0.2, 0.25) is 5.91 Å². The summed E-state index contributed by atoms with van der Waals surface area (Å²) in [7, 11) is 0. The van der Waals surface area contributed by atoms with Gasteiger partial charge in [-0.3, -0.25) is 10.1 Å². The van der Waals surface area contributed by atoms with E-state index < -0.39 is 0 Å². The van der Waals surface area contributed by atoms with Gasteiger partial charge >= 0.3 is 0 Å². The highest BCUT2D eigenvalue weighted by atomic mass is 16.2. The molecule has 1 aliphatic carbocycles. The molecule has 0 bridgehead atoms. The number of carbonyl (C=O) groups is 1. The number of hydrogen-bond acceptors (Lipinski definition) is 3. The Morgan fingerprint density at radius 2 is 1.81 bits per heavy atom. The number of rotatable bonds is 4. The second-order valence-electron chi connectivity index (χ2n) is 7.33. The fourth-order valence-electron chi connectivity index (χ4n) is 4.50. The Kier molecular flexibility index (Phi) is 4.85. The summed E-state index contributed by atoms with van der Waals surface area (Å²) in [4.78, 5) is 17.3. The van der Waals surface area contributed by atoms with Crippen LogP contribution in [0.4, 0.5) is 0 Å². The van der Waals surface area contributed by atoms with E-state index in [0.29, 0.717) is 17.9 Å². The summed E-state index contributed by atoms with van der Waals surface area (Å²) in [6, 6.07) is 0.332. The number of amides is 1. The highest BCUT2D eigenvalue weighted by Gasteiger charge is 2.43. The lowest BCUT2D eigenvalue weighted by molar-refractivity contribution is -0.132. The first kappa shape index (κ1) is 15.3. The molecule has 4 nitrogen and oxygen atoms in total. The van der Waals surface area contributed by atoms with Crippen molar-refractivity contribution in [2.24, 2.45) is 5.92 Å². The molecule has 2 saturated heterocycles. The van der Waals surface area contributed by atoms with Gasteiger partial charge in [0.1, 0.15) is 0 Å². The first-order chi connectivity index (χ1) is 10.2. The molecule has 3 fully saturated rings. The van der Waals surface area contributed by atoms with Crippen molar-refractivity contribution in [3.8, 4) is 0 Å². The molecule has 0 aromatic heterocycles. The molecule has 3 rings (SSSR count). The second kappa shape index (κ2) is 6.66. The number of hydrogen-bond donors (Lipinski definition) is 1. The van der Waals surface area contributed by atoms with Crippen molar-refractivity contribution in [1.82, 2.24) is 15.1 Å². The van der Waals surface area contributed by atoms with E-state index in [1.807, 2.05) is 6.92 Å². The molecule has 0 radical (unpaired) electrons. The van der Waals surface area contributed by atoms with Crippen LogP contribution in [0.25, 0.3) is 0 Å². The predicted octanol–water partition coefficient (Wildman–Crippen LogP) is 2.20. The lowest BCUT2D eigenvalue weighted by atomic mass is 10.0. The largest absolute Gasteiger partial charge is 0.322 e. The third kappa shape index (κ3) is 3.26. The topological polar surface area (TPSA) is 35.6 Å². The third-order valence-electron chi connectivity index (χ3n) is 5.64. The molecule has 0 aromatic carbocycles. The van der Waals surface area contributed by atoms with Gasteiger partial charge in [0.25, 0.3) is 0 Å². The summed E-state index contributed by atoms with van der Waals surface area (Å²) in [5, 5.41) is 3.57. The Balaban J connectivity index is 1.65. The first-order valence-electron chi connectivity index (χ1n) is 8.97. The quantitative estimate of drug-likeness (QED) is 0.863. The average Bonchev–Trinajstić information content (AvgIpc) is 3.09. The van der Waals surface area contributed by atoms with Gasteiger partial charge in [0.15, 0.2) is 0 Å². The summed E-state index contributed by atoms with van der Waals surface area (Å²) in [6.45, 7) is 7.74. The summed E-state index contributed by atoms with van der Waals surface area (Å²) in [6.07, 6.45) is 9.53. The molecule has 0 spiro atoms. The van der Waals surface area contributed by atoms with Gasteiger partial charge in [-0.2, -0.15) is 0 Å². The molecule has 4 heteroatoms.